The quantitative estimate of drug-likeness (QED) is 0.327. The summed E-state index contributed by atoms with van der Waals surface area (Å²) in [6.45, 7) is 3.37. The van der Waals surface area contributed by atoms with Gasteiger partial charge in [0.15, 0.2) is 0 Å². The van der Waals surface area contributed by atoms with Crippen LogP contribution in [0.15, 0.2) is 65.4 Å². The predicted octanol–water partition coefficient (Wildman–Crippen LogP) is 4.17. The van der Waals surface area contributed by atoms with Gasteiger partial charge in [-0.3, -0.25) is 14.4 Å². The number of ketones is 1. The number of ether oxygens (including phenoxy) is 1. The van der Waals surface area contributed by atoms with Gasteiger partial charge >= 0.3 is 0 Å². The molecule has 0 atom stereocenters. The Morgan fingerprint density at radius 1 is 1.00 bits per heavy atom. The Labute approximate surface area is 208 Å². The van der Waals surface area contributed by atoms with Crippen LogP contribution in [0.4, 0.5) is 0 Å². The molecule has 0 radical (unpaired) electrons. The first-order valence-corrected chi connectivity index (χ1v) is 12.0. The number of methoxy groups -OCH3 is 1. The standard InChI is InChI=1S/C28H27N3O5/c1-3-18-6-4-7-19(16-18)27(33)30-11-13-31(14-12-30)28(34)26(32)21-17-29-25-20(22-8-5-15-36-22)9-10-23(35-2)24(21)25/h4-10,15-17,29H,3,11-14H2,1-2H3. The molecule has 1 N–H and O–H groups in total. The van der Waals surface area contributed by atoms with Crippen LogP contribution < -0.4 is 4.74 Å². The highest BCUT2D eigenvalue weighted by molar-refractivity contribution is 6.45. The molecule has 5 rings (SSSR count). The van der Waals surface area contributed by atoms with Crippen LogP contribution in [-0.4, -0.2) is 65.7 Å². The molecule has 4 aromatic rings. The fraction of sp³-hybridized carbons (Fsp3) is 0.250. The summed E-state index contributed by atoms with van der Waals surface area (Å²) in [6.07, 6.45) is 3.97. The number of carbonyl (C=O) groups is 3. The third kappa shape index (κ3) is 4.15. The number of fused-ring (bicyclic) bond motifs is 1. The molecule has 1 aliphatic rings. The number of piperazine rings is 1. The summed E-state index contributed by atoms with van der Waals surface area (Å²) in [7, 11) is 1.52. The van der Waals surface area contributed by atoms with E-state index in [1.165, 1.54) is 12.0 Å². The maximum Gasteiger partial charge on any atom is 0.295 e. The number of aryl methyl sites for hydroxylation is 1. The topological polar surface area (TPSA) is 95.9 Å². The Kier molecular flexibility index (Phi) is 6.33. The van der Waals surface area contributed by atoms with Crippen LogP contribution in [0, 0.1) is 0 Å². The van der Waals surface area contributed by atoms with E-state index in [4.69, 9.17) is 9.15 Å². The lowest BCUT2D eigenvalue weighted by atomic mass is 10.0. The number of H-pyrrole nitrogens is 1. The van der Waals surface area contributed by atoms with Gasteiger partial charge < -0.3 is 23.9 Å². The van der Waals surface area contributed by atoms with E-state index in [1.54, 1.807) is 29.5 Å². The number of nitrogens with zero attached hydrogens (tertiary/aromatic N) is 2. The minimum Gasteiger partial charge on any atom is -0.496 e. The molecule has 1 saturated heterocycles. The molecular formula is C28H27N3O5. The van der Waals surface area contributed by atoms with E-state index in [1.807, 2.05) is 43.3 Å². The molecule has 0 spiro atoms. The maximum absolute atomic E-state index is 13.3. The van der Waals surface area contributed by atoms with Crippen molar-refractivity contribution in [1.29, 1.82) is 0 Å². The SMILES string of the molecule is CCc1cccc(C(=O)N2CCN(C(=O)C(=O)c3c[nH]c4c(-c5ccco5)ccc(OC)c34)CC2)c1. The van der Waals surface area contributed by atoms with E-state index in [0.29, 0.717) is 54.2 Å². The van der Waals surface area contributed by atoms with Crippen molar-refractivity contribution in [3.63, 3.8) is 0 Å². The number of aromatic nitrogens is 1. The first kappa shape index (κ1) is 23.4. The van der Waals surface area contributed by atoms with Crippen molar-refractivity contribution in [2.45, 2.75) is 13.3 Å². The fourth-order valence-electron chi connectivity index (χ4n) is 4.68. The van der Waals surface area contributed by atoms with Gasteiger partial charge in [0, 0.05) is 43.5 Å². The molecule has 2 aromatic heterocycles. The Morgan fingerprint density at radius 3 is 2.47 bits per heavy atom. The Morgan fingerprint density at radius 2 is 1.78 bits per heavy atom. The number of aromatic amines is 1. The largest absolute Gasteiger partial charge is 0.496 e. The van der Waals surface area contributed by atoms with Gasteiger partial charge in [0.2, 0.25) is 0 Å². The van der Waals surface area contributed by atoms with Crippen molar-refractivity contribution in [2.24, 2.45) is 0 Å². The van der Waals surface area contributed by atoms with Gasteiger partial charge in [-0.05, 0) is 48.4 Å². The molecule has 0 bridgehead atoms. The van der Waals surface area contributed by atoms with Gasteiger partial charge in [-0.1, -0.05) is 19.1 Å². The number of Topliss-reactive ketones (excluding diaryl/α,β-unsaturated/α-hetero) is 1. The number of hydrogen-bond acceptors (Lipinski definition) is 5. The summed E-state index contributed by atoms with van der Waals surface area (Å²) in [4.78, 5) is 45.8. The van der Waals surface area contributed by atoms with Gasteiger partial charge in [-0.25, -0.2) is 0 Å². The maximum atomic E-state index is 13.3. The van der Waals surface area contributed by atoms with Crippen molar-refractivity contribution in [3.05, 3.63) is 77.7 Å². The molecule has 8 nitrogen and oxygen atoms in total. The number of benzene rings is 2. The normalized spacial score (nSPS) is 13.7. The molecule has 36 heavy (non-hydrogen) atoms. The van der Waals surface area contributed by atoms with E-state index in [-0.39, 0.29) is 11.5 Å². The van der Waals surface area contributed by atoms with Gasteiger partial charge in [0.05, 0.1) is 29.8 Å². The predicted molar refractivity (Wildman–Crippen MR) is 135 cm³/mol. The van der Waals surface area contributed by atoms with Gasteiger partial charge in [-0.2, -0.15) is 0 Å². The summed E-state index contributed by atoms with van der Waals surface area (Å²) in [5.74, 6) is -0.147. The number of hydrogen-bond donors (Lipinski definition) is 1. The molecule has 184 valence electrons. The van der Waals surface area contributed by atoms with E-state index in [2.05, 4.69) is 4.98 Å². The lowest BCUT2D eigenvalue weighted by Crippen LogP contribution is -2.52. The van der Waals surface area contributed by atoms with E-state index in [9.17, 15) is 14.4 Å². The summed E-state index contributed by atoms with van der Waals surface area (Å²) in [5, 5.41) is 0.536. The van der Waals surface area contributed by atoms with Gasteiger partial charge in [-0.15, -0.1) is 0 Å². The molecule has 2 aromatic carbocycles. The molecule has 8 heteroatoms. The highest BCUT2D eigenvalue weighted by Gasteiger charge is 2.31. The Balaban J connectivity index is 1.33. The molecule has 0 aliphatic carbocycles. The zero-order valence-corrected chi connectivity index (χ0v) is 20.2. The first-order valence-electron chi connectivity index (χ1n) is 12.0. The fourth-order valence-corrected chi connectivity index (χ4v) is 4.68. The van der Waals surface area contributed by atoms with Crippen molar-refractivity contribution in [3.8, 4) is 17.1 Å². The molecule has 0 saturated carbocycles. The molecular weight excluding hydrogens is 458 g/mol. The molecule has 0 unspecified atom stereocenters. The summed E-state index contributed by atoms with van der Waals surface area (Å²) >= 11 is 0. The monoisotopic (exact) mass is 485 g/mol. The lowest BCUT2D eigenvalue weighted by Gasteiger charge is -2.34. The minimum absolute atomic E-state index is 0.0597. The number of nitrogens with one attached hydrogen (secondary N) is 1. The molecule has 1 fully saturated rings. The first-order chi connectivity index (χ1) is 17.5. The highest BCUT2D eigenvalue weighted by atomic mass is 16.5. The zero-order chi connectivity index (χ0) is 25.2. The number of amides is 2. The third-order valence-corrected chi connectivity index (χ3v) is 6.68. The van der Waals surface area contributed by atoms with Crippen LogP contribution in [0.3, 0.4) is 0 Å². The van der Waals surface area contributed by atoms with E-state index in [0.717, 1.165) is 17.5 Å². The Hall–Kier alpha value is -4.33. The molecule has 1 aliphatic heterocycles. The van der Waals surface area contributed by atoms with E-state index >= 15 is 0 Å². The van der Waals surface area contributed by atoms with Crippen molar-refractivity contribution >= 4 is 28.5 Å². The third-order valence-electron chi connectivity index (χ3n) is 6.68. The van der Waals surface area contributed by atoms with Crippen LogP contribution in [0.2, 0.25) is 0 Å². The summed E-state index contributed by atoms with van der Waals surface area (Å²) in [6, 6.07) is 14.8. The Bertz CT molecular complexity index is 1430. The average molecular weight is 486 g/mol. The second kappa shape index (κ2) is 9.73. The van der Waals surface area contributed by atoms with Crippen molar-refractivity contribution < 1.29 is 23.5 Å². The second-order valence-electron chi connectivity index (χ2n) is 8.71. The summed E-state index contributed by atoms with van der Waals surface area (Å²) < 4.78 is 11.0. The minimum atomic E-state index is -0.619. The second-order valence-corrected chi connectivity index (χ2v) is 8.71. The van der Waals surface area contributed by atoms with E-state index < -0.39 is 11.7 Å². The molecule has 2 amide bonds. The van der Waals surface area contributed by atoms with Crippen molar-refractivity contribution in [1.82, 2.24) is 14.8 Å². The average Bonchev–Trinajstić information content (AvgIpc) is 3.62. The number of carbonyl (C=O) groups excluding carboxylic acids is 3. The molecule has 3 heterocycles. The van der Waals surface area contributed by atoms with Crippen LogP contribution in [0.25, 0.3) is 22.2 Å². The number of rotatable bonds is 6. The smallest absolute Gasteiger partial charge is 0.295 e. The highest BCUT2D eigenvalue weighted by Crippen LogP contribution is 2.36. The van der Waals surface area contributed by atoms with Gasteiger partial charge in [0.1, 0.15) is 11.5 Å². The van der Waals surface area contributed by atoms with Crippen LogP contribution in [-0.2, 0) is 11.2 Å². The van der Waals surface area contributed by atoms with Crippen LogP contribution in [0.5, 0.6) is 5.75 Å². The number of furan rings is 1. The van der Waals surface area contributed by atoms with Crippen molar-refractivity contribution in [2.75, 3.05) is 33.3 Å². The van der Waals surface area contributed by atoms with Crippen LogP contribution in [0.1, 0.15) is 33.2 Å². The lowest BCUT2D eigenvalue weighted by molar-refractivity contribution is -0.127. The zero-order valence-electron chi connectivity index (χ0n) is 20.2. The van der Waals surface area contributed by atoms with Crippen LogP contribution >= 0.6 is 0 Å². The van der Waals surface area contributed by atoms with Gasteiger partial charge in [0.25, 0.3) is 17.6 Å². The summed E-state index contributed by atoms with van der Waals surface area (Å²) in [5.41, 5.74) is 3.41.